The average Bonchev–Trinajstić information content (AvgIpc) is 2.18. The quantitative estimate of drug-likeness (QED) is 0.595. The first-order valence-corrected chi connectivity index (χ1v) is 5.96. The molecule has 14 heavy (non-hydrogen) atoms. The molecule has 0 bridgehead atoms. The predicted molar refractivity (Wildman–Crippen MR) is 66.1 cm³/mol. The maximum atomic E-state index is 3.34. The lowest BCUT2D eigenvalue weighted by atomic mass is 10.3. The van der Waals surface area contributed by atoms with Crippen molar-refractivity contribution in [1.29, 1.82) is 0 Å². The zero-order valence-corrected chi connectivity index (χ0v) is 9.82. The summed E-state index contributed by atoms with van der Waals surface area (Å²) < 4.78 is 0. The van der Waals surface area contributed by atoms with Gasteiger partial charge in [-0.3, -0.25) is 0 Å². The Morgan fingerprint density at radius 2 is 1.93 bits per heavy atom. The van der Waals surface area contributed by atoms with Gasteiger partial charge in [-0.15, -0.1) is 11.8 Å². The summed E-state index contributed by atoms with van der Waals surface area (Å²) in [6, 6.07) is 8.50. The van der Waals surface area contributed by atoms with Crippen LogP contribution in [0.1, 0.15) is 13.8 Å². The number of thioether (sulfide) groups is 1. The van der Waals surface area contributed by atoms with Crippen LogP contribution in [0.3, 0.4) is 0 Å². The highest BCUT2D eigenvalue weighted by molar-refractivity contribution is 7.98. The second kappa shape index (κ2) is 5.76. The minimum atomic E-state index is 0.904. The van der Waals surface area contributed by atoms with Crippen molar-refractivity contribution in [1.82, 2.24) is 0 Å². The Balaban J connectivity index is 2.48. The van der Waals surface area contributed by atoms with Gasteiger partial charge in [-0.05, 0) is 44.4 Å². The minimum Gasteiger partial charge on any atom is -0.382 e. The molecule has 76 valence electrons. The molecule has 0 amide bonds. The molecule has 0 heterocycles. The number of benzene rings is 1. The Bertz CT molecular complexity index is 297. The fraction of sp³-hybridized carbons (Fsp3) is 0.333. The van der Waals surface area contributed by atoms with Gasteiger partial charge in [0, 0.05) is 17.1 Å². The van der Waals surface area contributed by atoms with Crippen molar-refractivity contribution in [2.24, 2.45) is 0 Å². The van der Waals surface area contributed by atoms with Crippen LogP contribution in [-0.2, 0) is 0 Å². The lowest BCUT2D eigenvalue weighted by molar-refractivity contribution is 1.26. The van der Waals surface area contributed by atoms with E-state index in [1.807, 2.05) is 0 Å². The summed E-state index contributed by atoms with van der Waals surface area (Å²) in [5.41, 5.74) is 2.53. The maximum absolute atomic E-state index is 3.34. The molecule has 0 aliphatic rings. The molecule has 0 unspecified atom stereocenters. The van der Waals surface area contributed by atoms with Crippen LogP contribution in [0, 0.1) is 0 Å². The average molecular weight is 207 g/mol. The lowest BCUT2D eigenvalue weighted by Gasteiger charge is -2.04. The standard InChI is InChI=1S/C12H17NS/c1-10(2)8-9-13-11-4-6-12(14-3)7-5-11/h4-8,13H,9H2,1-3H3. The van der Waals surface area contributed by atoms with Crippen molar-refractivity contribution >= 4 is 17.4 Å². The molecule has 1 rings (SSSR count). The lowest BCUT2D eigenvalue weighted by Crippen LogP contribution is -1.98. The Morgan fingerprint density at radius 1 is 1.29 bits per heavy atom. The highest BCUT2D eigenvalue weighted by Gasteiger charge is 1.90. The molecule has 1 aromatic carbocycles. The monoisotopic (exact) mass is 207 g/mol. The third-order valence-electron chi connectivity index (χ3n) is 1.91. The first-order chi connectivity index (χ1) is 6.72. The summed E-state index contributed by atoms with van der Waals surface area (Å²) in [6.07, 6.45) is 4.27. The van der Waals surface area contributed by atoms with Gasteiger partial charge < -0.3 is 5.32 Å². The van der Waals surface area contributed by atoms with E-state index in [9.17, 15) is 0 Å². The van der Waals surface area contributed by atoms with E-state index in [2.05, 4.69) is 55.8 Å². The Kier molecular flexibility index (Phi) is 4.60. The summed E-state index contributed by atoms with van der Waals surface area (Å²) >= 11 is 1.77. The molecule has 0 radical (unpaired) electrons. The Labute approximate surface area is 90.6 Å². The van der Waals surface area contributed by atoms with Crippen LogP contribution in [0.5, 0.6) is 0 Å². The maximum Gasteiger partial charge on any atom is 0.0343 e. The van der Waals surface area contributed by atoms with E-state index in [0.29, 0.717) is 0 Å². The topological polar surface area (TPSA) is 12.0 Å². The van der Waals surface area contributed by atoms with Gasteiger partial charge in [-0.1, -0.05) is 11.6 Å². The molecule has 2 heteroatoms. The van der Waals surface area contributed by atoms with E-state index >= 15 is 0 Å². The number of hydrogen-bond donors (Lipinski definition) is 1. The summed E-state index contributed by atoms with van der Waals surface area (Å²) in [5.74, 6) is 0. The molecule has 0 saturated carbocycles. The van der Waals surface area contributed by atoms with E-state index in [1.165, 1.54) is 16.2 Å². The van der Waals surface area contributed by atoms with Gasteiger partial charge >= 0.3 is 0 Å². The Morgan fingerprint density at radius 3 is 2.43 bits per heavy atom. The molecule has 1 N–H and O–H groups in total. The summed E-state index contributed by atoms with van der Waals surface area (Å²) in [6.45, 7) is 5.12. The Hall–Kier alpha value is -0.890. The molecule has 0 aliphatic heterocycles. The molecule has 1 aromatic rings. The highest BCUT2D eigenvalue weighted by atomic mass is 32.2. The van der Waals surface area contributed by atoms with Crippen LogP contribution >= 0.6 is 11.8 Å². The first-order valence-electron chi connectivity index (χ1n) is 4.73. The number of allylic oxidation sites excluding steroid dienone is 1. The second-order valence-corrected chi connectivity index (χ2v) is 4.27. The molecule has 0 fully saturated rings. The smallest absolute Gasteiger partial charge is 0.0343 e. The van der Waals surface area contributed by atoms with Crippen molar-refractivity contribution < 1.29 is 0 Å². The SMILES string of the molecule is CSc1ccc(NCC=C(C)C)cc1. The summed E-state index contributed by atoms with van der Waals surface area (Å²) in [4.78, 5) is 1.30. The van der Waals surface area contributed by atoms with Crippen LogP contribution in [-0.4, -0.2) is 12.8 Å². The minimum absolute atomic E-state index is 0.904. The van der Waals surface area contributed by atoms with Gasteiger partial charge in [-0.2, -0.15) is 0 Å². The molecular formula is C12H17NS. The predicted octanol–water partition coefficient (Wildman–Crippen LogP) is 3.79. The third kappa shape index (κ3) is 3.88. The molecule has 0 aromatic heterocycles. The van der Waals surface area contributed by atoms with Crippen molar-refractivity contribution in [2.75, 3.05) is 18.1 Å². The zero-order chi connectivity index (χ0) is 10.4. The largest absolute Gasteiger partial charge is 0.382 e. The third-order valence-corrected chi connectivity index (χ3v) is 2.65. The van der Waals surface area contributed by atoms with Gasteiger partial charge in [0.05, 0.1) is 0 Å². The van der Waals surface area contributed by atoms with Gasteiger partial charge in [0.2, 0.25) is 0 Å². The fourth-order valence-electron chi connectivity index (χ4n) is 1.08. The molecule has 0 aliphatic carbocycles. The van der Waals surface area contributed by atoms with Crippen LogP contribution in [0.25, 0.3) is 0 Å². The van der Waals surface area contributed by atoms with E-state index < -0.39 is 0 Å². The zero-order valence-electron chi connectivity index (χ0n) is 9.00. The number of hydrogen-bond acceptors (Lipinski definition) is 2. The van der Waals surface area contributed by atoms with Gasteiger partial charge in [0.15, 0.2) is 0 Å². The van der Waals surface area contributed by atoms with Gasteiger partial charge in [-0.25, -0.2) is 0 Å². The molecule has 0 spiro atoms. The molecule has 1 nitrogen and oxygen atoms in total. The number of rotatable bonds is 4. The first kappa shape index (κ1) is 11.2. The molecule has 0 saturated heterocycles. The second-order valence-electron chi connectivity index (χ2n) is 3.39. The van der Waals surface area contributed by atoms with E-state index in [0.717, 1.165) is 6.54 Å². The van der Waals surface area contributed by atoms with Crippen LogP contribution in [0.2, 0.25) is 0 Å². The van der Waals surface area contributed by atoms with Crippen molar-refractivity contribution in [2.45, 2.75) is 18.7 Å². The normalized spacial score (nSPS) is 9.64. The van der Waals surface area contributed by atoms with Crippen LogP contribution < -0.4 is 5.32 Å². The highest BCUT2D eigenvalue weighted by Crippen LogP contribution is 2.17. The molecule has 0 atom stereocenters. The summed E-state index contributed by atoms with van der Waals surface area (Å²) in [7, 11) is 0. The van der Waals surface area contributed by atoms with Gasteiger partial charge in [0.25, 0.3) is 0 Å². The van der Waals surface area contributed by atoms with Crippen LogP contribution in [0.4, 0.5) is 5.69 Å². The number of anilines is 1. The van der Waals surface area contributed by atoms with E-state index in [-0.39, 0.29) is 0 Å². The van der Waals surface area contributed by atoms with Crippen molar-refractivity contribution in [3.8, 4) is 0 Å². The number of nitrogens with one attached hydrogen (secondary N) is 1. The van der Waals surface area contributed by atoms with Crippen LogP contribution in [0.15, 0.2) is 40.8 Å². The van der Waals surface area contributed by atoms with E-state index in [1.54, 1.807) is 11.8 Å². The van der Waals surface area contributed by atoms with Crippen molar-refractivity contribution in [3.63, 3.8) is 0 Å². The summed E-state index contributed by atoms with van der Waals surface area (Å²) in [5, 5.41) is 3.34. The van der Waals surface area contributed by atoms with E-state index in [4.69, 9.17) is 0 Å². The fourth-order valence-corrected chi connectivity index (χ4v) is 1.49. The van der Waals surface area contributed by atoms with Crippen molar-refractivity contribution in [3.05, 3.63) is 35.9 Å². The molecular weight excluding hydrogens is 190 g/mol. The van der Waals surface area contributed by atoms with Gasteiger partial charge in [0.1, 0.15) is 0 Å².